The maximum atomic E-state index is 12.7. The lowest BCUT2D eigenvalue weighted by molar-refractivity contribution is 0.383. The summed E-state index contributed by atoms with van der Waals surface area (Å²) in [6.07, 6.45) is 2.04. The monoisotopic (exact) mass is 472 g/mol. The van der Waals surface area contributed by atoms with E-state index in [0.717, 1.165) is 12.5 Å². The van der Waals surface area contributed by atoms with E-state index in [2.05, 4.69) is 0 Å². The third-order valence-electron chi connectivity index (χ3n) is 4.92. The normalized spacial score (nSPS) is 16.5. The second-order valence-electron chi connectivity index (χ2n) is 7.30. The number of anilines is 1. The Hall–Kier alpha value is -1.95. The molecule has 0 saturated carbocycles. The number of nitrogens with zero attached hydrogens (tertiary/aromatic N) is 2. The topological polar surface area (TPSA) is 109 Å². The summed E-state index contributed by atoms with van der Waals surface area (Å²) in [5.41, 5.74) is 1.08. The smallest absolute Gasteiger partial charge is 0.218 e. The second-order valence-corrected chi connectivity index (χ2v) is 13.3. The fourth-order valence-electron chi connectivity index (χ4n) is 3.37. The van der Waals surface area contributed by atoms with Crippen LogP contribution in [0.25, 0.3) is 0 Å². The van der Waals surface area contributed by atoms with Gasteiger partial charge in [0, 0.05) is 38.7 Å². The Morgan fingerprint density at radius 3 is 1.90 bits per heavy atom. The number of sulfone groups is 2. The molecule has 1 aliphatic rings. The van der Waals surface area contributed by atoms with Crippen LogP contribution in [0, 0.1) is 0 Å². The van der Waals surface area contributed by atoms with Gasteiger partial charge in [0.15, 0.2) is 19.7 Å². The molecule has 11 heteroatoms. The fraction of sp³-hybridized carbons (Fsp3) is 0.368. The van der Waals surface area contributed by atoms with Gasteiger partial charge in [-0.1, -0.05) is 30.3 Å². The van der Waals surface area contributed by atoms with E-state index in [-0.39, 0.29) is 28.6 Å². The molecule has 1 fully saturated rings. The first-order valence-corrected chi connectivity index (χ1v) is 14.6. The molecule has 0 amide bonds. The van der Waals surface area contributed by atoms with Crippen LogP contribution in [0.15, 0.2) is 58.3 Å². The van der Waals surface area contributed by atoms with Crippen molar-refractivity contribution >= 4 is 35.4 Å². The van der Waals surface area contributed by atoms with Gasteiger partial charge in [0.2, 0.25) is 10.0 Å². The molecule has 2 aromatic rings. The summed E-state index contributed by atoms with van der Waals surface area (Å²) in [6, 6.07) is 12.9. The van der Waals surface area contributed by atoms with E-state index in [1.165, 1.54) is 22.5 Å². The van der Waals surface area contributed by atoms with Gasteiger partial charge in [-0.2, -0.15) is 4.31 Å². The van der Waals surface area contributed by atoms with Gasteiger partial charge < -0.3 is 4.90 Å². The van der Waals surface area contributed by atoms with Crippen LogP contribution in [0.1, 0.15) is 5.56 Å². The Morgan fingerprint density at radius 2 is 1.37 bits per heavy atom. The number of rotatable bonds is 6. The van der Waals surface area contributed by atoms with Gasteiger partial charge in [-0.3, -0.25) is 0 Å². The number of hydrogen-bond acceptors (Lipinski definition) is 7. The fourth-order valence-corrected chi connectivity index (χ4v) is 6.52. The lowest BCUT2D eigenvalue weighted by Crippen LogP contribution is -2.49. The first-order chi connectivity index (χ1) is 13.9. The molecule has 0 aliphatic carbocycles. The minimum Gasteiger partial charge on any atom is -0.368 e. The second kappa shape index (κ2) is 8.29. The molecular formula is C19H24N2O6S3. The van der Waals surface area contributed by atoms with Crippen molar-refractivity contribution in [1.29, 1.82) is 0 Å². The highest BCUT2D eigenvalue weighted by Crippen LogP contribution is 2.29. The number of sulfonamides is 1. The van der Waals surface area contributed by atoms with Crippen LogP contribution < -0.4 is 4.90 Å². The summed E-state index contributed by atoms with van der Waals surface area (Å²) >= 11 is 0. The molecular weight excluding hydrogens is 448 g/mol. The summed E-state index contributed by atoms with van der Waals surface area (Å²) in [5, 5.41) is 0. The molecule has 2 aromatic carbocycles. The molecule has 0 unspecified atom stereocenters. The number of hydrogen-bond donors (Lipinski definition) is 0. The molecule has 1 saturated heterocycles. The summed E-state index contributed by atoms with van der Waals surface area (Å²) < 4.78 is 75.0. The molecule has 0 radical (unpaired) electrons. The molecule has 164 valence electrons. The predicted molar refractivity (Wildman–Crippen MR) is 116 cm³/mol. The Bertz CT molecular complexity index is 1230. The summed E-state index contributed by atoms with van der Waals surface area (Å²) in [7, 11) is -10.7. The zero-order valence-corrected chi connectivity index (χ0v) is 19.2. The molecule has 0 aromatic heterocycles. The van der Waals surface area contributed by atoms with Crippen molar-refractivity contribution in [2.45, 2.75) is 15.5 Å². The highest BCUT2D eigenvalue weighted by atomic mass is 32.2. The van der Waals surface area contributed by atoms with Crippen molar-refractivity contribution in [2.24, 2.45) is 0 Å². The minimum atomic E-state index is -3.69. The quantitative estimate of drug-likeness (QED) is 0.620. The summed E-state index contributed by atoms with van der Waals surface area (Å²) in [6.45, 7) is 1.03. The molecule has 0 spiro atoms. The van der Waals surface area contributed by atoms with E-state index >= 15 is 0 Å². The van der Waals surface area contributed by atoms with E-state index < -0.39 is 29.7 Å². The SMILES string of the molecule is CS(=O)(=O)c1ccc(N2CCN(S(=O)(=O)Cc3ccccc3)CC2)c(S(C)(=O)=O)c1. The van der Waals surface area contributed by atoms with Crippen molar-refractivity contribution in [3.63, 3.8) is 0 Å². The van der Waals surface area contributed by atoms with Gasteiger partial charge in [0.25, 0.3) is 0 Å². The van der Waals surface area contributed by atoms with E-state index in [1.54, 1.807) is 29.2 Å². The Morgan fingerprint density at radius 1 is 0.767 bits per heavy atom. The van der Waals surface area contributed by atoms with Gasteiger partial charge in [0.1, 0.15) is 0 Å². The molecule has 3 rings (SSSR count). The van der Waals surface area contributed by atoms with Crippen LogP contribution in [0.2, 0.25) is 0 Å². The predicted octanol–water partition coefficient (Wildman–Crippen LogP) is 1.15. The van der Waals surface area contributed by atoms with E-state index in [0.29, 0.717) is 24.3 Å². The van der Waals surface area contributed by atoms with E-state index in [1.807, 2.05) is 6.07 Å². The Labute approximate surface area is 178 Å². The van der Waals surface area contributed by atoms with Gasteiger partial charge in [-0.15, -0.1) is 0 Å². The summed E-state index contributed by atoms with van der Waals surface area (Å²) in [4.78, 5) is 1.62. The van der Waals surface area contributed by atoms with Crippen molar-refractivity contribution in [3.8, 4) is 0 Å². The van der Waals surface area contributed by atoms with Crippen molar-refractivity contribution in [3.05, 3.63) is 54.1 Å². The molecule has 1 heterocycles. The average molecular weight is 473 g/mol. The molecule has 8 nitrogen and oxygen atoms in total. The third kappa shape index (κ3) is 5.20. The van der Waals surface area contributed by atoms with Gasteiger partial charge in [-0.05, 0) is 23.8 Å². The van der Waals surface area contributed by atoms with Crippen LogP contribution in [0.5, 0.6) is 0 Å². The van der Waals surface area contributed by atoms with E-state index in [9.17, 15) is 25.3 Å². The first kappa shape index (κ1) is 22.7. The number of piperazine rings is 1. The molecule has 30 heavy (non-hydrogen) atoms. The zero-order chi connectivity index (χ0) is 22.2. The maximum Gasteiger partial charge on any atom is 0.218 e. The highest BCUT2D eigenvalue weighted by molar-refractivity contribution is 7.91. The Balaban J connectivity index is 1.81. The lowest BCUT2D eigenvalue weighted by atomic mass is 10.2. The minimum absolute atomic E-state index is 0.0734. The number of benzene rings is 2. The van der Waals surface area contributed by atoms with Crippen LogP contribution in [0.3, 0.4) is 0 Å². The van der Waals surface area contributed by atoms with E-state index in [4.69, 9.17) is 0 Å². The molecule has 0 N–H and O–H groups in total. The van der Waals surface area contributed by atoms with Crippen LogP contribution in [0.4, 0.5) is 5.69 Å². The van der Waals surface area contributed by atoms with Crippen molar-refractivity contribution in [1.82, 2.24) is 4.31 Å². The standard InChI is InChI=1S/C19H24N2O6S3/c1-28(22,23)17-8-9-18(19(14-17)29(2,24)25)20-10-12-21(13-11-20)30(26,27)15-16-6-4-3-5-7-16/h3-9,14H,10-13,15H2,1-2H3. The third-order valence-corrected chi connectivity index (χ3v) is 9.01. The van der Waals surface area contributed by atoms with Crippen LogP contribution in [-0.4, -0.2) is 68.2 Å². The Kier molecular flexibility index (Phi) is 6.28. The molecule has 0 atom stereocenters. The van der Waals surface area contributed by atoms with Crippen LogP contribution >= 0.6 is 0 Å². The van der Waals surface area contributed by atoms with Crippen LogP contribution in [-0.2, 0) is 35.5 Å². The lowest BCUT2D eigenvalue weighted by Gasteiger charge is -2.36. The largest absolute Gasteiger partial charge is 0.368 e. The molecule has 1 aliphatic heterocycles. The van der Waals surface area contributed by atoms with Crippen molar-refractivity contribution in [2.75, 3.05) is 43.6 Å². The van der Waals surface area contributed by atoms with Crippen molar-refractivity contribution < 1.29 is 25.3 Å². The average Bonchev–Trinajstić information content (AvgIpc) is 2.67. The highest BCUT2D eigenvalue weighted by Gasteiger charge is 2.29. The summed E-state index contributed by atoms with van der Waals surface area (Å²) in [5.74, 6) is -0.0918. The zero-order valence-electron chi connectivity index (χ0n) is 16.7. The first-order valence-electron chi connectivity index (χ1n) is 9.19. The molecule has 0 bridgehead atoms. The van der Waals surface area contributed by atoms with Gasteiger partial charge >= 0.3 is 0 Å². The maximum absolute atomic E-state index is 12.7. The van der Waals surface area contributed by atoms with Gasteiger partial charge in [-0.25, -0.2) is 25.3 Å². The van der Waals surface area contributed by atoms with Gasteiger partial charge in [0.05, 0.1) is 21.2 Å².